The minimum Gasteiger partial charge on any atom is -0.367 e. The van der Waals surface area contributed by atoms with E-state index in [4.69, 9.17) is 5.73 Å². The summed E-state index contributed by atoms with van der Waals surface area (Å²) in [6, 6.07) is 1.41. The van der Waals surface area contributed by atoms with Crippen molar-refractivity contribution in [2.24, 2.45) is 5.73 Å². The Morgan fingerprint density at radius 1 is 1.79 bits per heavy atom. The SMILES string of the molecule is C=CCC(N)C(=O)NCc1cc[nH]c1. The van der Waals surface area contributed by atoms with E-state index in [9.17, 15) is 4.79 Å². The fraction of sp³-hybridized carbons (Fsp3) is 0.300. The normalized spacial score (nSPS) is 12.1. The summed E-state index contributed by atoms with van der Waals surface area (Å²) in [6.45, 7) is 4.04. The van der Waals surface area contributed by atoms with Gasteiger partial charge >= 0.3 is 0 Å². The Balaban J connectivity index is 2.31. The van der Waals surface area contributed by atoms with Crippen LogP contribution >= 0.6 is 0 Å². The highest BCUT2D eigenvalue weighted by molar-refractivity contribution is 5.81. The van der Waals surface area contributed by atoms with Gasteiger partial charge < -0.3 is 16.0 Å². The lowest BCUT2D eigenvalue weighted by molar-refractivity contribution is -0.122. The molecule has 1 aromatic rings. The smallest absolute Gasteiger partial charge is 0.237 e. The van der Waals surface area contributed by atoms with E-state index in [1.807, 2.05) is 18.5 Å². The van der Waals surface area contributed by atoms with Crippen LogP contribution in [0.3, 0.4) is 0 Å². The lowest BCUT2D eigenvalue weighted by Crippen LogP contribution is -2.39. The molecule has 76 valence electrons. The molecule has 4 heteroatoms. The number of carbonyl (C=O) groups excluding carboxylic acids is 1. The first-order valence-electron chi connectivity index (χ1n) is 4.50. The Morgan fingerprint density at radius 3 is 3.14 bits per heavy atom. The van der Waals surface area contributed by atoms with Crippen molar-refractivity contribution in [3.63, 3.8) is 0 Å². The van der Waals surface area contributed by atoms with Crippen LogP contribution in [-0.4, -0.2) is 16.9 Å². The summed E-state index contributed by atoms with van der Waals surface area (Å²) in [7, 11) is 0. The van der Waals surface area contributed by atoms with Gasteiger partial charge in [0, 0.05) is 18.9 Å². The molecular formula is C10H15N3O. The summed E-state index contributed by atoms with van der Waals surface area (Å²) < 4.78 is 0. The molecule has 0 aliphatic carbocycles. The highest BCUT2D eigenvalue weighted by Gasteiger charge is 2.10. The molecule has 14 heavy (non-hydrogen) atoms. The van der Waals surface area contributed by atoms with Gasteiger partial charge in [0.05, 0.1) is 6.04 Å². The number of nitrogens with two attached hydrogens (primary N) is 1. The zero-order valence-corrected chi connectivity index (χ0v) is 7.99. The maximum atomic E-state index is 11.3. The van der Waals surface area contributed by atoms with Gasteiger partial charge in [0.1, 0.15) is 0 Å². The second kappa shape index (κ2) is 5.24. The van der Waals surface area contributed by atoms with Gasteiger partial charge in [-0.15, -0.1) is 6.58 Å². The van der Waals surface area contributed by atoms with Crippen LogP contribution in [0.25, 0.3) is 0 Å². The molecule has 1 rings (SSSR count). The molecule has 1 unspecified atom stereocenters. The monoisotopic (exact) mass is 193 g/mol. The van der Waals surface area contributed by atoms with Gasteiger partial charge in [-0.3, -0.25) is 4.79 Å². The average Bonchev–Trinajstić information content (AvgIpc) is 2.67. The van der Waals surface area contributed by atoms with Crippen molar-refractivity contribution >= 4 is 5.91 Å². The molecule has 4 N–H and O–H groups in total. The van der Waals surface area contributed by atoms with Crippen molar-refractivity contribution in [2.75, 3.05) is 0 Å². The summed E-state index contributed by atoms with van der Waals surface area (Å²) in [6.07, 6.45) is 5.78. The first kappa shape index (κ1) is 10.5. The van der Waals surface area contributed by atoms with Crippen LogP contribution in [0.1, 0.15) is 12.0 Å². The average molecular weight is 193 g/mol. The Hall–Kier alpha value is -1.55. The van der Waals surface area contributed by atoms with E-state index >= 15 is 0 Å². The van der Waals surface area contributed by atoms with Gasteiger partial charge in [0.15, 0.2) is 0 Å². The van der Waals surface area contributed by atoms with Crippen molar-refractivity contribution in [1.29, 1.82) is 0 Å². The molecule has 0 spiro atoms. The van der Waals surface area contributed by atoms with Crippen LogP contribution in [0.4, 0.5) is 0 Å². The Labute approximate surface area is 83.2 Å². The summed E-state index contributed by atoms with van der Waals surface area (Å²) in [4.78, 5) is 14.2. The molecule has 0 saturated carbocycles. The topological polar surface area (TPSA) is 70.9 Å². The van der Waals surface area contributed by atoms with Crippen molar-refractivity contribution in [1.82, 2.24) is 10.3 Å². The van der Waals surface area contributed by atoms with Gasteiger partial charge in [-0.05, 0) is 18.1 Å². The molecule has 1 amide bonds. The molecule has 0 fully saturated rings. The van der Waals surface area contributed by atoms with Crippen LogP contribution < -0.4 is 11.1 Å². The predicted molar refractivity (Wildman–Crippen MR) is 55.4 cm³/mol. The fourth-order valence-corrected chi connectivity index (χ4v) is 1.08. The van der Waals surface area contributed by atoms with Crippen LogP contribution in [0, 0.1) is 0 Å². The van der Waals surface area contributed by atoms with Gasteiger partial charge in [-0.1, -0.05) is 6.08 Å². The van der Waals surface area contributed by atoms with E-state index in [1.54, 1.807) is 6.08 Å². The number of hydrogen-bond donors (Lipinski definition) is 3. The molecule has 0 aromatic carbocycles. The minimum absolute atomic E-state index is 0.147. The Bertz CT molecular complexity index is 292. The predicted octanol–water partition coefficient (Wildman–Crippen LogP) is 0.534. The summed E-state index contributed by atoms with van der Waals surface area (Å²) in [5.74, 6) is -0.147. The molecule has 0 bridgehead atoms. The van der Waals surface area contributed by atoms with Crippen molar-refractivity contribution in [3.8, 4) is 0 Å². The second-order valence-corrected chi connectivity index (χ2v) is 3.07. The first-order valence-corrected chi connectivity index (χ1v) is 4.50. The second-order valence-electron chi connectivity index (χ2n) is 3.07. The maximum Gasteiger partial charge on any atom is 0.237 e. The summed E-state index contributed by atoms with van der Waals surface area (Å²) in [5.41, 5.74) is 6.61. The van der Waals surface area contributed by atoms with Crippen LogP contribution in [0.5, 0.6) is 0 Å². The van der Waals surface area contributed by atoms with Crippen LogP contribution in [-0.2, 0) is 11.3 Å². The van der Waals surface area contributed by atoms with Crippen LogP contribution in [0.15, 0.2) is 31.1 Å². The van der Waals surface area contributed by atoms with Crippen molar-refractivity contribution in [3.05, 3.63) is 36.7 Å². The highest BCUT2D eigenvalue weighted by Crippen LogP contribution is 1.96. The first-order chi connectivity index (χ1) is 6.74. The largest absolute Gasteiger partial charge is 0.367 e. The molecule has 0 aliphatic rings. The molecule has 1 aromatic heterocycles. The number of nitrogens with one attached hydrogen (secondary N) is 2. The highest BCUT2D eigenvalue weighted by atomic mass is 16.2. The molecular weight excluding hydrogens is 178 g/mol. The number of hydrogen-bond acceptors (Lipinski definition) is 2. The number of rotatable bonds is 5. The Morgan fingerprint density at radius 2 is 2.57 bits per heavy atom. The standard InChI is InChI=1S/C10H15N3O/c1-2-3-9(11)10(14)13-7-8-4-5-12-6-8/h2,4-6,9,12H,1,3,7,11H2,(H,13,14). The third-order valence-corrected chi connectivity index (χ3v) is 1.89. The number of aromatic nitrogens is 1. The van der Waals surface area contributed by atoms with E-state index in [1.165, 1.54) is 0 Å². The lowest BCUT2D eigenvalue weighted by Gasteiger charge is -2.09. The molecule has 0 aliphatic heterocycles. The number of carbonyl (C=O) groups is 1. The molecule has 4 nitrogen and oxygen atoms in total. The summed E-state index contributed by atoms with van der Waals surface area (Å²) in [5, 5.41) is 2.74. The van der Waals surface area contributed by atoms with E-state index in [2.05, 4.69) is 16.9 Å². The fourth-order valence-electron chi connectivity index (χ4n) is 1.08. The number of H-pyrrole nitrogens is 1. The lowest BCUT2D eigenvalue weighted by atomic mass is 10.2. The third-order valence-electron chi connectivity index (χ3n) is 1.89. The van der Waals surface area contributed by atoms with E-state index in [0.29, 0.717) is 13.0 Å². The molecule has 0 radical (unpaired) electrons. The van der Waals surface area contributed by atoms with E-state index in [-0.39, 0.29) is 5.91 Å². The van der Waals surface area contributed by atoms with Gasteiger partial charge in [-0.25, -0.2) is 0 Å². The quantitative estimate of drug-likeness (QED) is 0.597. The van der Waals surface area contributed by atoms with Gasteiger partial charge in [-0.2, -0.15) is 0 Å². The molecule has 0 saturated heterocycles. The number of amides is 1. The zero-order valence-electron chi connectivity index (χ0n) is 7.99. The molecule has 1 heterocycles. The Kier molecular flexibility index (Phi) is 3.94. The van der Waals surface area contributed by atoms with E-state index < -0.39 is 6.04 Å². The van der Waals surface area contributed by atoms with Crippen molar-refractivity contribution < 1.29 is 4.79 Å². The number of aromatic amines is 1. The zero-order chi connectivity index (χ0) is 10.4. The van der Waals surface area contributed by atoms with Gasteiger partial charge in [0.25, 0.3) is 0 Å². The molecule has 1 atom stereocenters. The third kappa shape index (κ3) is 3.06. The van der Waals surface area contributed by atoms with Crippen LogP contribution in [0.2, 0.25) is 0 Å². The van der Waals surface area contributed by atoms with E-state index in [0.717, 1.165) is 5.56 Å². The summed E-state index contributed by atoms with van der Waals surface area (Å²) >= 11 is 0. The van der Waals surface area contributed by atoms with Crippen molar-refractivity contribution in [2.45, 2.75) is 19.0 Å². The van der Waals surface area contributed by atoms with Gasteiger partial charge in [0.2, 0.25) is 5.91 Å². The minimum atomic E-state index is -0.494. The maximum absolute atomic E-state index is 11.3.